The molecule has 0 bridgehead atoms. The zero-order chi connectivity index (χ0) is 28.8. The molecular formula is C25H31F6N3O5. The van der Waals surface area contributed by atoms with Gasteiger partial charge in [0, 0.05) is 43.3 Å². The molecule has 0 saturated carbocycles. The number of fused-ring (bicyclic) bond motifs is 1. The van der Waals surface area contributed by atoms with Crippen LogP contribution in [0.5, 0.6) is 0 Å². The number of hydrogen-bond acceptors (Lipinski definition) is 5. The maximum absolute atomic E-state index is 10.6. The highest BCUT2D eigenvalue weighted by Crippen LogP contribution is 2.37. The number of benzene rings is 1. The number of carboxylic acids is 2. The molecule has 2 aromatic rings. The van der Waals surface area contributed by atoms with Crippen LogP contribution in [-0.4, -0.2) is 94.2 Å². The predicted octanol–water partition coefficient (Wildman–Crippen LogP) is 4.51. The molecule has 3 fully saturated rings. The molecule has 1 atom stereocenters. The number of H-pyrrole nitrogens is 1. The van der Waals surface area contributed by atoms with E-state index in [1.807, 2.05) is 6.20 Å². The number of ether oxygens (including phenoxy) is 1. The number of nitrogens with zero attached hydrogens (tertiary/aromatic N) is 2. The van der Waals surface area contributed by atoms with Crippen molar-refractivity contribution in [2.45, 2.75) is 50.2 Å². The quantitative estimate of drug-likeness (QED) is 0.467. The van der Waals surface area contributed by atoms with Gasteiger partial charge in [-0.2, -0.15) is 26.3 Å². The molecule has 5 rings (SSSR count). The zero-order valence-corrected chi connectivity index (χ0v) is 21.0. The molecule has 218 valence electrons. The lowest BCUT2D eigenvalue weighted by atomic mass is 9.82. The molecular weight excluding hydrogens is 536 g/mol. The van der Waals surface area contributed by atoms with Crippen LogP contribution in [0.2, 0.25) is 0 Å². The summed E-state index contributed by atoms with van der Waals surface area (Å²) in [6.07, 6.45) is -2.76. The third kappa shape index (κ3) is 8.83. The summed E-state index contributed by atoms with van der Waals surface area (Å²) in [5, 5.41) is 15.6. The number of hydrogen-bond donors (Lipinski definition) is 3. The molecule has 1 aromatic heterocycles. The Morgan fingerprint density at radius 3 is 2.08 bits per heavy atom. The van der Waals surface area contributed by atoms with Crippen LogP contribution in [0.3, 0.4) is 0 Å². The van der Waals surface area contributed by atoms with E-state index in [0.717, 1.165) is 32.2 Å². The van der Waals surface area contributed by atoms with Crippen LogP contribution in [0.15, 0.2) is 30.5 Å². The maximum Gasteiger partial charge on any atom is 0.490 e. The molecule has 8 nitrogen and oxygen atoms in total. The highest BCUT2D eigenvalue weighted by molar-refractivity contribution is 5.82. The Hall–Kier alpha value is -2.84. The van der Waals surface area contributed by atoms with Gasteiger partial charge in [-0.3, -0.25) is 4.90 Å². The first-order valence-electron chi connectivity index (χ1n) is 12.4. The normalized spacial score (nSPS) is 21.4. The van der Waals surface area contributed by atoms with Gasteiger partial charge in [0.2, 0.25) is 0 Å². The first-order valence-corrected chi connectivity index (χ1v) is 12.4. The van der Waals surface area contributed by atoms with Crippen LogP contribution in [-0.2, 0) is 20.9 Å². The van der Waals surface area contributed by atoms with Crippen molar-refractivity contribution in [3.05, 3.63) is 36.0 Å². The monoisotopic (exact) mass is 567 g/mol. The van der Waals surface area contributed by atoms with Crippen molar-refractivity contribution < 1.29 is 50.9 Å². The summed E-state index contributed by atoms with van der Waals surface area (Å²) in [7, 11) is 0. The number of halogens is 6. The van der Waals surface area contributed by atoms with Gasteiger partial charge in [-0.15, -0.1) is 0 Å². The third-order valence-corrected chi connectivity index (χ3v) is 6.94. The Kier molecular flexibility index (Phi) is 9.88. The van der Waals surface area contributed by atoms with Crippen molar-refractivity contribution in [3.8, 4) is 0 Å². The minimum absolute atomic E-state index is 0.160. The first-order chi connectivity index (χ1) is 18.2. The number of carboxylic acid groups (broad SMARTS) is 2. The second-order valence-electron chi connectivity index (χ2n) is 10.0. The van der Waals surface area contributed by atoms with Crippen LogP contribution in [0, 0.1) is 5.92 Å². The van der Waals surface area contributed by atoms with Crippen LogP contribution < -0.4 is 0 Å². The summed E-state index contributed by atoms with van der Waals surface area (Å²) >= 11 is 0. The first kappa shape index (κ1) is 30.7. The second kappa shape index (κ2) is 12.6. The molecule has 0 radical (unpaired) electrons. The van der Waals surface area contributed by atoms with E-state index in [9.17, 15) is 26.3 Å². The van der Waals surface area contributed by atoms with Gasteiger partial charge < -0.3 is 24.8 Å². The van der Waals surface area contributed by atoms with Crippen molar-refractivity contribution in [2.24, 2.45) is 5.92 Å². The molecule has 1 aromatic carbocycles. The second-order valence-corrected chi connectivity index (χ2v) is 10.0. The average Bonchev–Trinajstić information content (AvgIpc) is 3.51. The molecule has 3 aliphatic heterocycles. The SMILES string of the molecule is O=C(O)C(F)(F)F.O=C(O)C(F)(F)F.c1cc(CN2CC3(CCC(CN4CCCC4)CO3)C2)c2cc[nH]c2c1. The smallest absolute Gasteiger partial charge is 0.475 e. The van der Waals surface area contributed by atoms with Gasteiger partial charge in [0.05, 0.1) is 12.2 Å². The standard InChI is InChI=1S/C21H29N3O.2C2HF3O2/c1-2-11-23(10-1)12-17-6-8-21(25-14-17)15-24(16-21)13-18-4-3-5-20-19(18)7-9-22-20;2*3-2(4,5)1(6)7/h3-5,7,9,17,22H,1-2,6,8,10-16H2;2*(H,6,7). The number of likely N-dealkylation sites (tertiary alicyclic amines) is 2. The summed E-state index contributed by atoms with van der Waals surface area (Å²) in [6.45, 7) is 8.08. The summed E-state index contributed by atoms with van der Waals surface area (Å²) in [4.78, 5) is 26.3. The van der Waals surface area contributed by atoms with Crippen LogP contribution in [0.1, 0.15) is 31.2 Å². The molecule has 1 unspecified atom stereocenters. The lowest BCUT2D eigenvalue weighted by molar-refractivity contribution is -0.193. The Bertz CT molecular complexity index is 1070. The van der Waals surface area contributed by atoms with Crippen molar-refractivity contribution >= 4 is 22.8 Å². The molecule has 3 aliphatic rings. The number of aromatic nitrogens is 1. The minimum atomic E-state index is -5.08. The minimum Gasteiger partial charge on any atom is -0.475 e. The zero-order valence-electron chi connectivity index (χ0n) is 21.0. The van der Waals surface area contributed by atoms with Crippen molar-refractivity contribution in [1.29, 1.82) is 0 Å². The molecule has 0 aliphatic carbocycles. The number of aromatic amines is 1. The third-order valence-electron chi connectivity index (χ3n) is 6.94. The van der Waals surface area contributed by atoms with Crippen molar-refractivity contribution in [1.82, 2.24) is 14.8 Å². The topological polar surface area (TPSA) is 106 Å². The largest absolute Gasteiger partial charge is 0.490 e. The number of alkyl halides is 6. The lowest BCUT2D eigenvalue weighted by Crippen LogP contribution is -2.64. The molecule has 0 amide bonds. The number of aliphatic carboxylic acids is 2. The molecule has 14 heteroatoms. The summed E-state index contributed by atoms with van der Waals surface area (Å²) in [5.41, 5.74) is 2.83. The van der Waals surface area contributed by atoms with Gasteiger partial charge in [-0.25, -0.2) is 9.59 Å². The van der Waals surface area contributed by atoms with Gasteiger partial charge in [-0.05, 0) is 62.4 Å². The Morgan fingerprint density at radius 2 is 1.56 bits per heavy atom. The number of carbonyl (C=O) groups is 2. The highest BCUT2D eigenvalue weighted by atomic mass is 19.4. The predicted molar refractivity (Wildman–Crippen MR) is 128 cm³/mol. The summed E-state index contributed by atoms with van der Waals surface area (Å²) < 4.78 is 69.9. The van der Waals surface area contributed by atoms with Crippen LogP contribution >= 0.6 is 0 Å². The van der Waals surface area contributed by atoms with Crippen molar-refractivity contribution in [2.75, 3.05) is 39.3 Å². The fourth-order valence-electron chi connectivity index (χ4n) is 5.05. The molecule has 3 saturated heterocycles. The Balaban J connectivity index is 0.000000251. The Labute approximate surface area is 220 Å². The van der Waals surface area contributed by atoms with Gasteiger partial charge in [0.25, 0.3) is 0 Å². The van der Waals surface area contributed by atoms with Gasteiger partial charge in [-0.1, -0.05) is 12.1 Å². The molecule has 3 N–H and O–H groups in total. The highest BCUT2D eigenvalue weighted by Gasteiger charge is 2.46. The molecule has 39 heavy (non-hydrogen) atoms. The fraction of sp³-hybridized carbons (Fsp3) is 0.600. The average molecular weight is 568 g/mol. The van der Waals surface area contributed by atoms with Gasteiger partial charge >= 0.3 is 24.3 Å². The van der Waals surface area contributed by atoms with E-state index in [1.54, 1.807) is 0 Å². The van der Waals surface area contributed by atoms with E-state index in [4.69, 9.17) is 24.5 Å². The summed E-state index contributed by atoms with van der Waals surface area (Å²) in [5.74, 6) is -4.76. The number of nitrogens with one attached hydrogen (secondary N) is 1. The van der Waals surface area contributed by atoms with Crippen molar-refractivity contribution in [3.63, 3.8) is 0 Å². The van der Waals surface area contributed by atoms with E-state index >= 15 is 0 Å². The van der Waals surface area contributed by atoms with E-state index in [2.05, 4.69) is 39.0 Å². The molecule has 1 spiro atoms. The fourth-order valence-corrected chi connectivity index (χ4v) is 5.05. The number of rotatable bonds is 4. The maximum atomic E-state index is 10.6. The van der Waals surface area contributed by atoms with E-state index in [0.29, 0.717) is 0 Å². The van der Waals surface area contributed by atoms with Gasteiger partial charge in [0.15, 0.2) is 0 Å². The van der Waals surface area contributed by atoms with Crippen LogP contribution in [0.4, 0.5) is 26.3 Å². The van der Waals surface area contributed by atoms with E-state index in [1.165, 1.54) is 61.8 Å². The van der Waals surface area contributed by atoms with E-state index in [-0.39, 0.29) is 5.60 Å². The lowest BCUT2D eigenvalue weighted by Gasteiger charge is -2.53. The van der Waals surface area contributed by atoms with Gasteiger partial charge in [0.1, 0.15) is 0 Å². The Morgan fingerprint density at radius 1 is 0.974 bits per heavy atom. The van der Waals surface area contributed by atoms with E-state index < -0.39 is 24.3 Å². The molecule has 4 heterocycles. The van der Waals surface area contributed by atoms with Crippen LogP contribution in [0.25, 0.3) is 10.9 Å². The summed E-state index contributed by atoms with van der Waals surface area (Å²) in [6, 6.07) is 8.76.